The van der Waals surface area contributed by atoms with E-state index >= 15 is 0 Å². The summed E-state index contributed by atoms with van der Waals surface area (Å²) in [5.41, 5.74) is 0. The van der Waals surface area contributed by atoms with Gasteiger partial charge >= 0.3 is 5.97 Å². The van der Waals surface area contributed by atoms with E-state index in [1.807, 2.05) is 6.08 Å². The minimum atomic E-state index is -0.859. The van der Waals surface area contributed by atoms with Crippen LogP contribution in [0.3, 0.4) is 0 Å². The highest BCUT2D eigenvalue weighted by atomic mass is 16.5. The van der Waals surface area contributed by atoms with E-state index < -0.39 is 12.1 Å². The van der Waals surface area contributed by atoms with Crippen LogP contribution < -0.4 is 5.32 Å². The highest BCUT2D eigenvalue weighted by Gasteiger charge is 2.18. The van der Waals surface area contributed by atoms with Crippen molar-refractivity contribution in [3.8, 4) is 0 Å². The van der Waals surface area contributed by atoms with Crippen molar-refractivity contribution in [3.05, 3.63) is 24.3 Å². The normalized spacial score (nSPS) is 12.8. The van der Waals surface area contributed by atoms with Gasteiger partial charge in [0.25, 0.3) is 0 Å². The summed E-state index contributed by atoms with van der Waals surface area (Å²) in [5, 5.41) is 23.0. The lowest BCUT2D eigenvalue weighted by atomic mass is 10.0. The lowest BCUT2D eigenvalue weighted by molar-refractivity contribution is -0.143. The van der Waals surface area contributed by atoms with Crippen molar-refractivity contribution < 1.29 is 24.5 Å². The van der Waals surface area contributed by atoms with Crippen LogP contribution in [0.4, 0.5) is 0 Å². The fraction of sp³-hybridized carbons (Fsp3) is 0.885. The number of esters is 1. The molecule has 342 valence electrons. The molecule has 0 bridgehead atoms. The third-order valence-electron chi connectivity index (χ3n) is 11.7. The molecule has 58 heavy (non-hydrogen) atoms. The molecule has 0 heterocycles. The summed E-state index contributed by atoms with van der Waals surface area (Å²) in [6.45, 7) is 4.84. The van der Waals surface area contributed by atoms with Gasteiger partial charge in [-0.3, -0.25) is 9.59 Å². The lowest BCUT2D eigenvalue weighted by Crippen LogP contribution is -2.45. The van der Waals surface area contributed by atoms with Gasteiger partial charge in [0.1, 0.15) is 0 Å². The number of rotatable bonds is 47. The van der Waals surface area contributed by atoms with Crippen molar-refractivity contribution in [2.75, 3.05) is 13.2 Å². The molecule has 0 saturated heterocycles. The Labute approximate surface area is 361 Å². The van der Waals surface area contributed by atoms with Gasteiger partial charge in [0, 0.05) is 12.8 Å². The van der Waals surface area contributed by atoms with Gasteiger partial charge in [-0.2, -0.15) is 0 Å². The number of nitrogens with one attached hydrogen (secondary N) is 1. The number of hydrogen-bond acceptors (Lipinski definition) is 5. The van der Waals surface area contributed by atoms with E-state index in [2.05, 4.69) is 31.3 Å². The van der Waals surface area contributed by atoms with E-state index in [1.165, 1.54) is 167 Å². The van der Waals surface area contributed by atoms with E-state index in [0.717, 1.165) is 77.0 Å². The van der Waals surface area contributed by atoms with Crippen molar-refractivity contribution in [2.45, 2.75) is 283 Å². The Bertz CT molecular complexity index is 904. The number of unbranched alkanes of at least 4 members (excludes halogenated alkanes) is 34. The third-order valence-corrected chi connectivity index (χ3v) is 11.7. The number of amides is 1. The molecular weight excluding hydrogens is 719 g/mol. The zero-order valence-electron chi connectivity index (χ0n) is 38.8. The molecule has 0 radical (unpaired) electrons. The van der Waals surface area contributed by atoms with Crippen LogP contribution >= 0.6 is 0 Å². The van der Waals surface area contributed by atoms with Crippen molar-refractivity contribution in [2.24, 2.45) is 0 Å². The second kappa shape index (κ2) is 48.0. The molecule has 0 spiro atoms. The second-order valence-electron chi connectivity index (χ2n) is 17.5. The third kappa shape index (κ3) is 43.9. The fourth-order valence-corrected chi connectivity index (χ4v) is 7.74. The maximum absolute atomic E-state index is 12.4. The van der Waals surface area contributed by atoms with E-state index in [1.54, 1.807) is 6.08 Å². The molecule has 6 heteroatoms. The zero-order chi connectivity index (χ0) is 42.3. The average molecular weight is 818 g/mol. The molecule has 1 amide bonds. The molecule has 0 aliphatic heterocycles. The van der Waals surface area contributed by atoms with E-state index in [0.29, 0.717) is 19.4 Å². The van der Waals surface area contributed by atoms with Gasteiger partial charge < -0.3 is 20.3 Å². The summed E-state index contributed by atoms with van der Waals surface area (Å²) in [7, 11) is 0. The number of aliphatic hydroxyl groups is 2. The highest BCUT2D eigenvalue weighted by molar-refractivity contribution is 5.76. The van der Waals surface area contributed by atoms with Crippen LogP contribution in [-0.4, -0.2) is 47.4 Å². The first-order valence-electron chi connectivity index (χ1n) is 25.6. The van der Waals surface area contributed by atoms with Gasteiger partial charge in [0.05, 0.1) is 25.4 Å². The average Bonchev–Trinajstić information content (AvgIpc) is 3.22. The van der Waals surface area contributed by atoms with Crippen LogP contribution in [0.15, 0.2) is 24.3 Å². The fourth-order valence-electron chi connectivity index (χ4n) is 7.74. The number of carbonyl (C=O) groups excluding carboxylic acids is 2. The topological polar surface area (TPSA) is 95.9 Å². The van der Waals surface area contributed by atoms with Crippen LogP contribution in [0.5, 0.6) is 0 Å². The SMILES string of the molecule is CCCCCCCCCCCCCCCC/C=C/C(O)C(CO)NC(=O)CCCCCCC/C=C\CCCCCOC(=O)CCCCCCCCCCCCCCC. The molecule has 0 aliphatic carbocycles. The quantitative estimate of drug-likeness (QED) is 0.0323. The standard InChI is InChI=1S/C52H99NO5/c1-3-5-7-9-11-13-15-17-18-19-21-24-28-32-36-40-44-50(55)49(48-54)53-51(56)45-41-37-33-29-25-22-23-27-31-35-39-43-47-58-52(57)46-42-38-34-30-26-20-16-14-12-10-8-6-4-2/h23,27,40,44,49-50,54-55H,3-22,24-26,28-39,41-43,45-48H2,1-2H3,(H,53,56)/b27-23-,44-40+. The minimum Gasteiger partial charge on any atom is -0.466 e. The number of allylic oxidation sites excluding steroid dienone is 3. The molecular formula is C52H99NO5. The molecule has 0 saturated carbocycles. The van der Waals surface area contributed by atoms with Gasteiger partial charge in [0.15, 0.2) is 0 Å². The Hall–Kier alpha value is -1.66. The van der Waals surface area contributed by atoms with Crippen LogP contribution in [0.2, 0.25) is 0 Å². The van der Waals surface area contributed by atoms with Crippen LogP contribution in [-0.2, 0) is 14.3 Å². The summed E-state index contributed by atoms with van der Waals surface area (Å²) < 4.78 is 5.44. The number of aliphatic hydroxyl groups excluding tert-OH is 2. The summed E-state index contributed by atoms with van der Waals surface area (Å²) >= 11 is 0. The number of hydrogen-bond donors (Lipinski definition) is 3. The predicted octanol–water partition coefficient (Wildman–Crippen LogP) is 15.1. The summed E-state index contributed by atoms with van der Waals surface area (Å²) in [5.74, 6) is -0.116. The molecule has 6 nitrogen and oxygen atoms in total. The van der Waals surface area contributed by atoms with Gasteiger partial charge in [0.2, 0.25) is 5.91 Å². The van der Waals surface area contributed by atoms with Gasteiger partial charge in [-0.1, -0.05) is 218 Å². The molecule has 0 aromatic rings. The number of ether oxygens (including phenoxy) is 1. The van der Waals surface area contributed by atoms with Crippen LogP contribution in [0.25, 0.3) is 0 Å². The molecule has 0 aliphatic rings. The Morgan fingerprint density at radius 2 is 0.810 bits per heavy atom. The van der Waals surface area contributed by atoms with E-state index in [-0.39, 0.29) is 18.5 Å². The Morgan fingerprint density at radius 3 is 1.22 bits per heavy atom. The van der Waals surface area contributed by atoms with Crippen molar-refractivity contribution in [1.82, 2.24) is 5.32 Å². The molecule has 2 atom stereocenters. The second-order valence-corrected chi connectivity index (χ2v) is 17.5. The summed E-state index contributed by atoms with van der Waals surface area (Å²) in [6, 6.07) is -0.645. The Kier molecular flexibility index (Phi) is 46.6. The highest BCUT2D eigenvalue weighted by Crippen LogP contribution is 2.16. The van der Waals surface area contributed by atoms with Crippen LogP contribution in [0.1, 0.15) is 271 Å². The largest absolute Gasteiger partial charge is 0.466 e. The van der Waals surface area contributed by atoms with Crippen molar-refractivity contribution in [1.29, 1.82) is 0 Å². The van der Waals surface area contributed by atoms with E-state index in [9.17, 15) is 19.8 Å². The maximum atomic E-state index is 12.4. The monoisotopic (exact) mass is 818 g/mol. The molecule has 3 N–H and O–H groups in total. The van der Waals surface area contributed by atoms with E-state index in [4.69, 9.17) is 4.74 Å². The van der Waals surface area contributed by atoms with Crippen molar-refractivity contribution in [3.63, 3.8) is 0 Å². The predicted molar refractivity (Wildman–Crippen MR) is 250 cm³/mol. The van der Waals surface area contributed by atoms with Crippen molar-refractivity contribution >= 4 is 11.9 Å². The maximum Gasteiger partial charge on any atom is 0.305 e. The Balaban J connectivity index is 3.55. The van der Waals surface area contributed by atoms with Crippen LogP contribution in [0, 0.1) is 0 Å². The zero-order valence-corrected chi connectivity index (χ0v) is 38.8. The molecule has 0 fully saturated rings. The molecule has 0 aromatic heterocycles. The van der Waals surface area contributed by atoms with Gasteiger partial charge in [-0.25, -0.2) is 0 Å². The molecule has 0 rings (SSSR count). The molecule has 0 aromatic carbocycles. The van der Waals surface area contributed by atoms with Gasteiger partial charge in [-0.05, 0) is 64.2 Å². The lowest BCUT2D eigenvalue weighted by Gasteiger charge is -2.20. The first-order valence-corrected chi connectivity index (χ1v) is 25.6. The summed E-state index contributed by atoms with van der Waals surface area (Å²) in [4.78, 5) is 24.4. The smallest absolute Gasteiger partial charge is 0.305 e. The minimum absolute atomic E-state index is 0.0230. The molecule has 2 unspecified atom stereocenters. The first kappa shape index (κ1) is 56.3. The number of carbonyl (C=O) groups is 2. The Morgan fingerprint density at radius 1 is 0.466 bits per heavy atom. The summed E-state index contributed by atoms with van der Waals surface area (Å²) in [6.07, 6.45) is 56.0. The van der Waals surface area contributed by atoms with Gasteiger partial charge in [-0.15, -0.1) is 0 Å². The first-order chi connectivity index (χ1) is 28.5.